The molecule has 0 unspecified atom stereocenters. The van der Waals surface area contributed by atoms with Gasteiger partial charge in [-0.2, -0.15) is 0 Å². The largest absolute Gasteiger partial charge is 0.292 e. The number of aromatic nitrogens is 1. The van der Waals surface area contributed by atoms with Gasteiger partial charge in [0, 0.05) is 20.0 Å². The summed E-state index contributed by atoms with van der Waals surface area (Å²) in [4.78, 5) is 14.1. The molecule has 12 heavy (non-hydrogen) atoms. The summed E-state index contributed by atoms with van der Waals surface area (Å²) in [5.74, 6) is -3.18. The van der Waals surface area contributed by atoms with Crippen LogP contribution >= 0.6 is 11.3 Å². The third kappa shape index (κ3) is 1.85. The smallest absolute Gasteiger partial charge is 0.281 e. The fraction of sp³-hybridized carbons (Fsp3) is 0.429. The lowest BCUT2D eigenvalue weighted by molar-refractivity contribution is 0.0213. The highest BCUT2D eigenvalue weighted by atomic mass is 32.1. The Kier molecular flexibility index (Phi) is 2.23. The van der Waals surface area contributed by atoms with E-state index >= 15 is 0 Å². The molecule has 0 aliphatic heterocycles. The minimum absolute atomic E-state index is 0.131. The van der Waals surface area contributed by atoms with E-state index in [1.165, 1.54) is 6.92 Å². The van der Waals surface area contributed by atoms with Crippen LogP contribution in [0.2, 0.25) is 0 Å². The van der Waals surface area contributed by atoms with Crippen molar-refractivity contribution in [1.29, 1.82) is 0 Å². The average Bonchev–Trinajstić information content (AvgIpc) is 2.30. The van der Waals surface area contributed by atoms with Crippen molar-refractivity contribution >= 4 is 17.1 Å². The fourth-order valence-electron chi connectivity index (χ4n) is 0.640. The van der Waals surface area contributed by atoms with Gasteiger partial charge in [0.25, 0.3) is 5.92 Å². The second-order valence-electron chi connectivity index (χ2n) is 2.47. The summed E-state index contributed by atoms with van der Waals surface area (Å²) in [5.41, 5.74) is 0. The molecule has 1 heterocycles. The Morgan fingerprint density at radius 1 is 1.67 bits per heavy atom. The van der Waals surface area contributed by atoms with E-state index in [1.54, 1.807) is 0 Å². The van der Waals surface area contributed by atoms with Crippen LogP contribution in [0.4, 0.5) is 8.78 Å². The van der Waals surface area contributed by atoms with Crippen molar-refractivity contribution in [3.63, 3.8) is 0 Å². The zero-order valence-electron chi connectivity index (χ0n) is 6.60. The minimum Gasteiger partial charge on any atom is -0.292 e. The summed E-state index contributed by atoms with van der Waals surface area (Å²) in [7, 11) is 0. The van der Waals surface area contributed by atoms with E-state index in [1.807, 2.05) is 0 Å². The van der Waals surface area contributed by atoms with Crippen molar-refractivity contribution in [2.75, 3.05) is 0 Å². The highest BCUT2D eigenvalue weighted by molar-refractivity contribution is 7.13. The van der Waals surface area contributed by atoms with Crippen LogP contribution in [0, 0.1) is 0 Å². The normalized spacial score (nSPS) is 11.7. The van der Waals surface area contributed by atoms with E-state index in [2.05, 4.69) is 4.98 Å². The molecule has 1 rings (SSSR count). The van der Waals surface area contributed by atoms with Gasteiger partial charge < -0.3 is 0 Å². The zero-order chi connectivity index (χ0) is 9.35. The highest BCUT2D eigenvalue weighted by Gasteiger charge is 2.27. The van der Waals surface area contributed by atoms with Crippen molar-refractivity contribution < 1.29 is 13.6 Å². The van der Waals surface area contributed by atoms with Gasteiger partial charge in [-0.25, -0.2) is 13.8 Å². The highest BCUT2D eigenvalue weighted by Crippen LogP contribution is 2.31. The number of hydrogen-bond acceptors (Lipinski definition) is 3. The number of nitrogens with zero attached hydrogens (tertiary/aromatic N) is 1. The molecule has 1 aromatic heterocycles. The van der Waals surface area contributed by atoms with E-state index in [0.29, 0.717) is 0 Å². The van der Waals surface area contributed by atoms with Gasteiger partial charge in [-0.3, -0.25) is 4.79 Å². The third-order valence-electron chi connectivity index (χ3n) is 1.24. The van der Waals surface area contributed by atoms with Gasteiger partial charge in [0.2, 0.25) is 0 Å². The van der Waals surface area contributed by atoms with E-state index in [-0.39, 0.29) is 15.7 Å². The summed E-state index contributed by atoms with van der Waals surface area (Å²) < 4.78 is 25.2. The zero-order valence-corrected chi connectivity index (χ0v) is 7.41. The van der Waals surface area contributed by atoms with E-state index in [0.717, 1.165) is 24.5 Å². The minimum atomic E-state index is -2.90. The quantitative estimate of drug-likeness (QED) is 0.672. The number of carbonyl (C=O) groups excluding carboxylic acids is 1. The van der Waals surface area contributed by atoms with Gasteiger partial charge in [0.05, 0.1) is 4.88 Å². The number of rotatable bonds is 2. The van der Waals surface area contributed by atoms with Gasteiger partial charge >= 0.3 is 0 Å². The second kappa shape index (κ2) is 2.90. The predicted molar refractivity (Wildman–Crippen MR) is 41.7 cm³/mol. The summed E-state index contributed by atoms with van der Waals surface area (Å²) in [6.07, 6.45) is 1.04. The molecule has 0 spiro atoms. The lowest BCUT2D eigenvalue weighted by atomic mass is 10.3. The Morgan fingerprint density at radius 3 is 2.50 bits per heavy atom. The SMILES string of the molecule is CC(=O)c1ncc(C(C)(F)F)s1. The molecular weight excluding hydrogens is 184 g/mol. The summed E-state index contributed by atoms with van der Waals surface area (Å²) >= 11 is 0.737. The molecule has 0 bridgehead atoms. The molecule has 0 aliphatic carbocycles. The first-order chi connectivity index (χ1) is 5.41. The number of hydrogen-bond donors (Lipinski definition) is 0. The van der Waals surface area contributed by atoms with Crippen LogP contribution < -0.4 is 0 Å². The molecule has 0 saturated heterocycles. The maximum atomic E-state index is 12.6. The molecule has 0 fully saturated rings. The Labute approximate surface area is 72.2 Å². The maximum absolute atomic E-state index is 12.6. The van der Waals surface area contributed by atoms with Gasteiger partial charge in [-0.1, -0.05) is 0 Å². The Bertz CT molecular complexity index is 303. The van der Waals surface area contributed by atoms with Crippen LogP contribution in [-0.2, 0) is 5.92 Å². The number of halogens is 2. The topological polar surface area (TPSA) is 30.0 Å². The molecule has 5 heteroatoms. The van der Waals surface area contributed by atoms with Crippen molar-refractivity contribution in [1.82, 2.24) is 4.98 Å². The monoisotopic (exact) mass is 191 g/mol. The number of alkyl halides is 2. The van der Waals surface area contributed by atoms with E-state index in [9.17, 15) is 13.6 Å². The lowest BCUT2D eigenvalue weighted by Gasteiger charge is -2.04. The van der Waals surface area contributed by atoms with Gasteiger partial charge in [0.15, 0.2) is 10.8 Å². The number of Topliss-reactive ketones (excluding diaryl/α,β-unsaturated/α-hetero) is 1. The Balaban J connectivity index is 3.00. The van der Waals surface area contributed by atoms with Crippen molar-refractivity contribution in [3.8, 4) is 0 Å². The predicted octanol–water partition coefficient (Wildman–Crippen LogP) is 2.46. The van der Waals surface area contributed by atoms with E-state index in [4.69, 9.17) is 0 Å². The molecule has 66 valence electrons. The summed E-state index contributed by atoms with van der Waals surface area (Å²) in [6, 6.07) is 0. The molecule has 0 saturated carbocycles. The molecule has 0 amide bonds. The van der Waals surface area contributed by atoms with E-state index < -0.39 is 5.92 Å². The second-order valence-corrected chi connectivity index (χ2v) is 3.50. The fourth-order valence-corrected chi connectivity index (χ4v) is 1.38. The molecule has 0 N–H and O–H groups in total. The maximum Gasteiger partial charge on any atom is 0.281 e. The van der Waals surface area contributed by atoms with Crippen LogP contribution in [0.1, 0.15) is 28.5 Å². The first-order valence-electron chi connectivity index (χ1n) is 3.26. The van der Waals surface area contributed by atoms with Crippen molar-refractivity contribution in [3.05, 3.63) is 16.1 Å². The molecule has 0 aromatic carbocycles. The number of carbonyl (C=O) groups is 1. The van der Waals surface area contributed by atoms with Crippen LogP contribution in [0.5, 0.6) is 0 Å². The van der Waals surface area contributed by atoms with Gasteiger partial charge in [0.1, 0.15) is 0 Å². The van der Waals surface area contributed by atoms with Crippen LogP contribution in [0.25, 0.3) is 0 Å². The van der Waals surface area contributed by atoms with Crippen LogP contribution in [0.15, 0.2) is 6.20 Å². The van der Waals surface area contributed by atoms with Crippen molar-refractivity contribution in [2.45, 2.75) is 19.8 Å². The molecule has 0 radical (unpaired) electrons. The third-order valence-corrected chi connectivity index (χ3v) is 2.51. The van der Waals surface area contributed by atoms with Gasteiger partial charge in [-0.05, 0) is 0 Å². The summed E-state index contributed by atoms with van der Waals surface area (Å²) in [5, 5.41) is 0.131. The Hall–Kier alpha value is -0.840. The lowest BCUT2D eigenvalue weighted by Crippen LogP contribution is -2.03. The molecule has 2 nitrogen and oxygen atoms in total. The number of thiazole rings is 1. The Morgan fingerprint density at radius 2 is 2.25 bits per heavy atom. The molecule has 0 atom stereocenters. The molecule has 0 aliphatic rings. The summed E-state index contributed by atoms with van der Waals surface area (Å²) in [6.45, 7) is 2.08. The first kappa shape index (κ1) is 9.25. The molecule has 1 aromatic rings. The van der Waals surface area contributed by atoms with Crippen LogP contribution in [-0.4, -0.2) is 10.8 Å². The molecular formula is C7H7F2NOS. The first-order valence-corrected chi connectivity index (χ1v) is 4.08. The number of ketones is 1. The van der Waals surface area contributed by atoms with Gasteiger partial charge in [-0.15, -0.1) is 11.3 Å². The average molecular weight is 191 g/mol. The van der Waals surface area contributed by atoms with Crippen molar-refractivity contribution in [2.24, 2.45) is 0 Å². The van der Waals surface area contributed by atoms with Crippen LogP contribution in [0.3, 0.4) is 0 Å². The standard InChI is InChI=1S/C7H7F2NOS/c1-4(11)6-10-3-5(12-6)7(2,8)9/h3H,1-2H3.